The van der Waals surface area contributed by atoms with Crippen LogP contribution in [-0.2, 0) is 31.2 Å². The first-order chi connectivity index (χ1) is 14.4. The van der Waals surface area contributed by atoms with Crippen molar-refractivity contribution in [2.45, 2.75) is 43.1 Å². The normalized spacial score (nSPS) is 18.3. The Morgan fingerprint density at radius 1 is 1.23 bits per heavy atom. The first kappa shape index (κ1) is 23.2. The van der Waals surface area contributed by atoms with Crippen LogP contribution in [0.1, 0.15) is 36.6 Å². The molecule has 0 spiro atoms. The van der Waals surface area contributed by atoms with Crippen LogP contribution in [-0.4, -0.2) is 32.2 Å². The zero-order valence-electron chi connectivity index (χ0n) is 16.7. The summed E-state index contributed by atoms with van der Waals surface area (Å²) < 4.78 is 67.7. The molecule has 0 saturated heterocycles. The summed E-state index contributed by atoms with van der Waals surface area (Å²) in [7, 11) is -3.87. The van der Waals surface area contributed by atoms with Gasteiger partial charge in [0.05, 0.1) is 11.5 Å². The monoisotopic (exact) mass is 458 g/mol. The van der Waals surface area contributed by atoms with Gasteiger partial charge in [0.15, 0.2) is 5.60 Å². The van der Waals surface area contributed by atoms with Gasteiger partial charge < -0.3 is 10.4 Å². The van der Waals surface area contributed by atoms with E-state index in [1.54, 1.807) is 6.92 Å². The number of amides is 1. The molecule has 2 unspecified atom stereocenters. The molecule has 0 fully saturated rings. The van der Waals surface area contributed by atoms with E-state index in [-0.39, 0.29) is 29.3 Å². The Balaban J connectivity index is 1.75. The van der Waals surface area contributed by atoms with Crippen molar-refractivity contribution < 1.29 is 35.7 Å². The maximum atomic E-state index is 12.9. The van der Waals surface area contributed by atoms with E-state index in [9.17, 15) is 31.5 Å². The Morgan fingerprint density at radius 3 is 2.45 bits per heavy atom. The van der Waals surface area contributed by atoms with Crippen molar-refractivity contribution in [2.24, 2.45) is 0 Å². The van der Waals surface area contributed by atoms with Gasteiger partial charge in [0.25, 0.3) is 10.1 Å². The summed E-state index contributed by atoms with van der Waals surface area (Å²) in [6, 6.07) is 8.25. The third-order valence-corrected chi connectivity index (χ3v) is 6.39. The summed E-state index contributed by atoms with van der Waals surface area (Å²) in [5, 5.41) is 15.3. The molecule has 1 amide bonds. The van der Waals surface area contributed by atoms with Crippen LogP contribution in [0.5, 0.6) is 0 Å². The van der Waals surface area contributed by atoms with E-state index in [1.807, 2.05) is 0 Å². The van der Waals surface area contributed by atoms with Crippen molar-refractivity contribution in [1.82, 2.24) is 5.32 Å². The van der Waals surface area contributed by atoms with Gasteiger partial charge in [-0.15, -0.1) is 0 Å². The molecule has 2 atom stereocenters. The van der Waals surface area contributed by atoms with Crippen molar-refractivity contribution in [1.29, 1.82) is 0 Å². The SMILES string of the molecule is CCOS(=O)(=O)c1ccc2c(c1)CNC2C(=O)Nc1ccc(C(C)(O)C(F)(F)F)cc1. The van der Waals surface area contributed by atoms with Crippen molar-refractivity contribution in [3.8, 4) is 0 Å². The van der Waals surface area contributed by atoms with E-state index in [1.165, 1.54) is 30.3 Å². The molecule has 31 heavy (non-hydrogen) atoms. The molecule has 1 heterocycles. The quantitative estimate of drug-likeness (QED) is 0.575. The predicted octanol–water partition coefficient (Wildman–Crippen LogP) is 2.96. The highest BCUT2D eigenvalue weighted by Gasteiger charge is 2.51. The summed E-state index contributed by atoms with van der Waals surface area (Å²) in [5.41, 5.74) is -1.91. The zero-order chi connectivity index (χ0) is 23.0. The standard InChI is InChI=1S/C20H21F3N2O5S/c1-3-30-31(28,29)15-8-9-16-12(10-15)11-24-17(16)18(26)25-14-6-4-13(5-7-14)19(2,27)20(21,22)23/h4-10,17,24,27H,3,11H2,1-2H3,(H,25,26). The molecule has 2 aromatic rings. The molecule has 168 valence electrons. The molecule has 7 nitrogen and oxygen atoms in total. The van der Waals surface area contributed by atoms with Crippen LogP contribution in [0.4, 0.5) is 18.9 Å². The van der Waals surface area contributed by atoms with Gasteiger partial charge in [0.1, 0.15) is 6.04 Å². The number of aliphatic hydroxyl groups is 1. The second-order valence-corrected chi connectivity index (χ2v) is 8.79. The molecule has 0 bridgehead atoms. The lowest BCUT2D eigenvalue weighted by molar-refractivity contribution is -0.258. The second kappa shape index (κ2) is 8.23. The fraction of sp³-hybridized carbons (Fsp3) is 0.350. The molecule has 0 aliphatic carbocycles. The summed E-state index contributed by atoms with van der Waals surface area (Å²) in [6.45, 7) is 2.47. The Bertz CT molecular complexity index is 1080. The number of rotatable bonds is 6. The fourth-order valence-electron chi connectivity index (χ4n) is 3.21. The van der Waals surface area contributed by atoms with Gasteiger partial charge >= 0.3 is 6.18 Å². The molecular formula is C20H21F3N2O5S. The van der Waals surface area contributed by atoms with Crippen molar-refractivity contribution >= 4 is 21.7 Å². The zero-order valence-corrected chi connectivity index (χ0v) is 17.5. The van der Waals surface area contributed by atoms with Gasteiger partial charge in [0.2, 0.25) is 5.91 Å². The predicted molar refractivity (Wildman–Crippen MR) is 106 cm³/mol. The van der Waals surface area contributed by atoms with E-state index in [0.717, 1.165) is 12.1 Å². The second-order valence-electron chi connectivity index (χ2n) is 7.17. The summed E-state index contributed by atoms with van der Waals surface area (Å²) in [6.07, 6.45) is -4.84. The van der Waals surface area contributed by atoms with Crippen LogP contribution < -0.4 is 10.6 Å². The molecular weight excluding hydrogens is 437 g/mol. The van der Waals surface area contributed by atoms with Gasteiger partial charge in [-0.1, -0.05) is 18.2 Å². The van der Waals surface area contributed by atoms with E-state index in [4.69, 9.17) is 4.18 Å². The molecule has 2 aromatic carbocycles. The number of halogens is 3. The molecule has 3 rings (SSSR count). The van der Waals surface area contributed by atoms with E-state index < -0.39 is 33.8 Å². The maximum absolute atomic E-state index is 12.9. The lowest BCUT2D eigenvalue weighted by Crippen LogP contribution is -2.39. The molecule has 0 saturated carbocycles. The highest BCUT2D eigenvalue weighted by molar-refractivity contribution is 7.86. The van der Waals surface area contributed by atoms with Gasteiger partial charge in [-0.3, -0.25) is 14.3 Å². The topological polar surface area (TPSA) is 105 Å². The summed E-state index contributed by atoms with van der Waals surface area (Å²) in [5.74, 6) is -0.463. The first-order valence-electron chi connectivity index (χ1n) is 9.33. The summed E-state index contributed by atoms with van der Waals surface area (Å²) in [4.78, 5) is 12.6. The number of hydrogen-bond acceptors (Lipinski definition) is 6. The Morgan fingerprint density at radius 2 is 1.87 bits per heavy atom. The van der Waals surface area contributed by atoms with Crippen LogP contribution in [0.25, 0.3) is 0 Å². The van der Waals surface area contributed by atoms with Crippen molar-refractivity contribution in [3.63, 3.8) is 0 Å². The molecule has 1 aliphatic heterocycles. The Hall–Kier alpha value is -2.47. The number of fused-ring (bicyclic) bond motifs is 1. The van der Waals surface area contributed by atoms with Crippen LogP contribution in [0, 0.1) is 0 Å². The fourth-order valence-corrected chi connectivity index (χ4v) is 4.18. The Kier molecular flexibility index (Phi) is 6.16. The van der Waals surface area contributed by atoms with Crippen molar-refractivity contribution in [2.75, 3.05) is 11.9 Å². The van der Waals surface area contributed by atoms with Gasteiger partial charge in [-0.05, 0) is 54.8 Å². The maximum Gasteiger partial charge on any atom is 0.421 e. The number of benzene rings is 2. The summed E-state index contributed by atoms with van der Waals surface area (Å²) >= 11 is 0. The highest BCUT2D eigenvalue weighted by atomic mass is 32.2. The Labute approximate surface area is 177 Å². The number of anilines is 1. The van der Waals surface area contributed by atoms with Crippen LogP contribution in [0.2, 0.25) is 0 Å². The lowest BCUT2D eigenvalue weighted by atomic mass is 9.95. The van der Waals surface area contributed by atoms with Crippen LogP contribution in [0.15, 0.2) is 47.4 Å². The van der Waals surface area contributed by atoms with Gasteiger partial charge in [-0.25, -0.2) is 0 Å². The van der Waals surface area contributed by atoms with E-state index in [2.05, 4.69) is 10.6 Å². The molecule has 0 radical (unpaired) electrons. The smallest absolute Gasteiger partial charge is 0.376 e. The number of alkyl halides is 3. The average molecular weight is 458 g/mol. The molecule has 11 heteroatoms. The minimum absolute atomic E-state index is 0.000107. The minimum atomic E-state index is -4.84. The first-order valence-corrected chi connectivity index (χ1v) is 10.7. The molecule has 0 aromatic heterocycles. The number of carbonyl (C=O) groups is 1. The highest BCUT2D eigenvalue weighted by Crippen LogP contribution is 2.38. The third-order valence-electron chi connectivity index (χ3n) is 5.01. The minimum Gasteiger partial charge on any atom is -0.376 e. The van der Waals surface area contributed by atoms with E-state index >= 15 is 0 Å². The third kappa shape index (κ3) is 4.59. The van der Waals surface area contributed by atoms with Gasteiger partial charge in [-0.2, -0.15) is 21.6 Å². The van der Waals surface area contributed by atoms with Crippen molar-refractivity contribution in [3.05, 3.63) is 59.2 Å². The van der Waals surface area contributed by atoms with E-state index in [0.29, 0.717) is 18.1 Å². The van der Waals surface area contributed by atoms with Crippen LogP contribution >= 0.6 is 0 Å². The van der Waals surface area contributed by atoms with Gasteiger partial charge in [0, 0.05) is 12.2 Å². The number of nitrogens with one attached hydrogen (secondary N) is 2. The molecule has 1 aliphatic rings. The number of carbonyl (C=O) groups excluding carboxylic acids is 1. The largest absolute Gasteiger partial charge is 0.421 e. The average Bonchev–Trinajstić information content (AvgIpc) is 3.11. The number of hydrogen-bond donors (Lipinski definition) is 3. The molecule has 3 N–H and O–H groups in total. The van der Waals surface area contributed by atoms with Crippen LogP contribution in [0.3, 0.4) is 0 Å². The lowest BCUT2D eigenvalue weighted by Gasteiger charge is -2.26.